The first-order valence-corrected chi connectivity index (χ1v) is 13.6. The van der Waals surface area contributed by atoms with Crippen LogP contribution in [0.2, 0.25) is 0 Å². The van der Waals surface area contributed by atoms with E-state index < -0.39 is 11.5 Å². The summed E-state index contributed by atoms with van der Waals surface area (Å²) in [5.41, 5.74) is 2.45. The van der Waals surface area contributed by atoms with Crippen LogP contribution in [0, 0.1) is 6.92 Å². The summed E-state index contributed by atoms with van der Waals surface area (Å²) >= 11 is 0. The number of aliphatic hydroxyl groups is 1. The fraction of sp³-hybridized carbons (Fsp3) is 0.312. The van der Waals surface area contributed by atoms with Gasteiger partial charge in [0.25, 0.3) is 5.91 Å². The van der Waals surface area contributed by atoms with Gasteiger partial charge in [-0.05, 0) is 73.9 Å². The van der Waals surface area contributed by atoms with Crippen LogP contribution in [0.4, 0.5) is 5.69 Å². The molecule has 2 heterocycles. The molecule has 0 atom stereocenters. The second-order valence-corrected chi connectivity index (χ2v) is 10.0. The number of nitrogens with one attached hydrogen (secondary N) is 1. The maximum atomic E-state index is 13.2. The molecule has 9 heteroatoms. The number of methoxy groups -OCH3 is 2. The molecule has 1 aliphatic heterocycles. The number of anilines is 1. The van der Waals surface area contributed by atoms with Gasteiger partial charge in [0, 0.05) is 41.7 Å². The third-order valence-electron chi connectivity index (χ3n) is 7.44. The average Bonchev–Trinajstić information content (AvgIpc) is 3.00. The Bertz CT molecular complexity index is 1610. The van der Waals surface area contributed by atoms with E-state index in [1.807, 2.05) is 43.3 Å². The van der Waals surface area contributed by atoms with Crippen LogP contribution in [-0.2, 0) is 0 Å². The number of aliphatic hydroxyl groups excluding tert-OH is 1. The molecule has 1 saturated heterocycles. The molecule has 41 heavy (non-hydrogen) atoms. The van der Waals surface area contributed by atoms with Gasteiger partial charge in [-0.2, -0.15) is 0 Å². The highest BCUT2D eigenvalue weighted by atomic mass is 16.5. The van der Waals surface area contributed by atoms with E-state index in [2.05, 4.69) is 10.2 Å². The monoisotopic (exact) mass is 558 g/mol. The van der Waals surface area contributed by atoms with Crippen LogP contribution in [0.25, 0.3) is 22.1 Å². The minimum Gasteiger partial charge on any atom is -0.497 e. The number of hydrogen-bond acceptors (Lipinski definition) is 8. The average molecular weight is 559 g/mol. The lowest BCUT2D eigenvalue weighted by atomic mass is 10.0. The van der Waals surface area contributed by atoms with E-state index in [1.54, 1.807) is 38.5 Å². The van der Waals surface area contributed by atoms with Crippen molar-refractivity contribution in [3.8, 4) is 28.4 Å². The number of β-amino-alcohol motifs (C(OH)–C–C–N with tert-alkyl or cyclic N) is 1. The molecule has 0 saturated carbocycles. The molecule has 214 valence electrons. The number of fused-ring (bicyclic) bond motifs is 1. The molecule has 1 fully saturated rings. The Balaban J connectivity index is 1.35. The molecular weight excluding hydrogens is 524 g/mol. The number of carbonyl (C=O) groups is 1. The summed E-state index contributed by atoms with van der Waals surface area (Å²) in [6, 6.07) is 17.9. The van der Waals surface area contributed by atoms with Crippen LogP contribution in [-0.4, -0.2) is 62.5 Å². The van der Waals surface area contributed by atoms with Crippen LogP contribution in [0.15, 0.2) is 69.9 Å². The first-order valence-electron chi connectivity index (χ1n) is 13.6. The zero-order valence-electron chi connectivity index (χ0n) is 23.4. The van der Waals surface area contributed by atoms with Crippen molar-refractivity contribution in [2.75, 3.05) is 45.8 Å². The second kappa shape index (κ2) is 12.4. The number of rotatable bonds is 9. The second-order valence-electron chi connectivity index (χ2n) is 10.0. The van der Waals surface area contributed by atoms with Crippen LogP contribution >= 0.6 is 0 Å². The zero-order chi connectivity index (χ0) is 28.9. The Hall–Kier alpha value is -4.34. The molecule has 1 amide bonds. The van der Waals surface area contributed by atoms with Gasteiger partial charge in [-0.3, -0.25) is 4.79 Å². The van der Waals surface area contributed by atoms with Gasteiger partial charge in [0.2, 0.25) is 0 Å². The van der Waals surface area contributed by atoms with Crippen LogP contribution in [0.5, 0.6) is 17.2 Å². The topological polar surface area (TPSA) is 110 Å². The van der Waals surface area contributed by atoms with Crippen molar-refractivity contribution in [3.63, 3.8) is 0 Å². The van der Waals surface area contributed by atoms with Crippen LogP contribution in [0.3, 0.4) is 0 Å². The highest BCUT2D eigenvalue weighted by Gasteiger charge is 2.22. The number of amides is 1. The van der Waals surface area contributed by atoms with Gasteiger partial charge in [-0.1, -0.05) is 12.1 Å². The number of piperidine rings is 1. The largest absolute Gasteiger partial charge is 0.497 e. The normalized spacial score (nSPS) is 14.1. The van der Waals surface area contributed by atoms with E-state index in [9.17, 15) is 9.59 Å². The third-order valence-corrected chi connectivity index (χ3v) is 7.44. The van der Waals surface area contributed by atoms with E-state index in [1.165, 1.54) is 0 Å². The fourth-order valence-corrected chi connectivity index (χ4v) is 5.15. The van der Waals surface area contributed by atoms with E-state index >= 15 is 0 Å². The Labute approximate surface area is 238 Å². The smallest absolute Gasteiger partial charge is 0.360 e. The zero-order valence-corrected chi connectivity index (χ0v) is 23.4. The number of aryl methyl sites for hydroxylation is 1. The molecule has 0 unspecified atom stereocenters. The molecule has 0 spiro atoms. The Morgan fingerprint density at radius 2 is 1.80 bits per heavy atom. The summed E-state index contributed by atoms with van der Waals surface area (Å²) in [5.74, 6) is 1.50. The van der Waals surface area contributed by atoms with Crippen molar-refractivity contribution < 1.29 is 28.5 Å². The van der Waals surface area contributed by atoms with Gasteiger partial charge in [-0.25, -0.2) is 4.79 Å². The SMILES string of the molecule is COc1cccc(-c2cc(C(=O)Nc3cc4ccc(OC5CCN(CCO)CC5)c(C)c4oc3=O)ccc2OC)c1. The summed E-state index contributed by atoms with van der Waals surface area (Å²) in [6.07, 6.45) is 1.77. The molecule has 1 aromatic heterocycles. The van der Waals surface area contributed by atoms with Crippen molar-refractivity contribution >= 4 is 22.6 Å². The molecule has 0 aliphatic carbocycles. The van der Waals surface area contributed by atoms with Gasteiger partial charge in [0.05, 0.1) is 20.8 Å². The molecule has 1 aliphatic rings. The van der Waals surface area contributed by atoms with Crippen molar-refractivity contribution in [1.82, 2.24) is 4.90 Å². The highest BCUT2D eigenvalue weighted by Crippen LogP contribution is 2.34. The quantitative estimate of drug-likeness (QED) is 0.280. The molecule has 9 nitrogen and oxygen atoms in total. The minimum atomic E-state index is -0.648. The van der Waals surface area contributed by atoms with Crippen LogP contribution in [0.1, 0.15) is 28.8 Å². The van der Waals surface area contributed by atoms with E-state index in [0.29, 0.717) is 45.9 Å². The fourth-order valence-electron chi connectivity index (χ4n) is 5.15. The van der Waals surface area contributed by atoms with Gasteiger partial charge >= 0.3 is 5.63 Å². The van der Waals surface area contributed by atoms with Crippen molar-refractivity contribution in [3.05, 3.63) is 82.2 Å². The maximum Gasteiger partial charge on any atom is 0.360 e. The van der Waals surface area contributed by atoms with Crippen molar-refractivity contribution in [2.45, 2.75) is 25.9 Å². The maximum absolute atomic E-state index is 13.2. The Morgan fingerprint density at radius 1 is 1.02 bits per heavy atom. The first-order chi connectivity index (χ1) is 19.9. The predicted octanol–water partition coefficient (Wildman–Crippen LogP) is 4.87. The number of nitrogens with zero attached hydrogens (tertiary/aromatic N) is 1. The van der Waals surface area contributed by atoms with Gasteiger partial charge in [0.1, 0.15) is 34.6 Å². The molecule has 4 aromatic rings. The molecule has 0 bridgehead atoms. The summed E-state index contributed by atoms with van der Waals surface area (Å²) in [6.45, 7) is 4.42. The number of likely N-dealkylation sites (tertiary alicyclic amines) is 1. The summed E-state index contributed by atoms with van der Waals surface area (Å²) in [5, 5.41) is 12.5. The Kier molecular flexibility index (Phi) is 8.56. The lowest BCUT2D eigenvalue weighted by Gasteiger charge is -2.32. The van der Waals surface area contributed by atoms with Crippen molar-refractivity contribution in [2.24, 2.45) is 0 Å². The van der Waals surface area contributed by atoms with E-state index in [-0.39, 0.29) is 18.4 Å². The summed E-state index contributed by atoms with van der Waals surface area (Å²) in [4.78, 5) is 28.4. The molecular formula is C32H34N2O7. The molecule has 2 N–H and O–H groups in total. The highest BCUT2D eigenvalue weighted by molar-refractivity contribution is 6.05. The molecule has 0 radical (unpaired) electrons. The number of ether oxygens (including phenoxy) is 3. The standard InChI is InChI=1S/C32H34N2O7/c1-20-28(40-24-11-13-34(14-12-24)15-16-35)9-7-22-19-27(32(37)41-30(20)22)33-31(36)23-8-10-29(39-3)26(18-23)21-5-4-6-25(17-21)38-2/h4-10,17-19,24,35H,11-16H2,1-3H3,(H,33,36). The van der Waals surface area contributed by atoms with Gasteiger partial charge in [-0.15, -0.1) is 0 Å². The van der Waals surface area contributed by atoms with E-state index in [0.717, 1.165) is 37.1 Å². The number of carbonyl (C=O) groups excluding carboxylic acids is 1. The minimum absolute atomic E-state index is 0.0468. The summed E-state index contributed by atoms with van der Waals surface area (Å²) < 4.78 is 22.8. The predicted molar refractivity (Wildman–Crippen MR) is 157 cm³/mol. The Morgan fingerprint density at radius 3 is 2.54 bits per heavy atom. The third kappa shape index (κ3) is 6.21. The molecule has 3 aromatic carbocycles. The van der Waals surface area contributed by atoms with E-state index in [4.69, 9.17) is 23.7 Å². The van der Waals surface area contributed by atoms with Crippen LogP contribution < -0.4 is 25.2 Å². The van der Waals surface area contributed by atoms with Gasteiger partial charge in [0.15, 0.2) is 0 Å². The van der Waals surface area contributed by atoms with Gasteiger partial charge < -0.3 is 34.0 Å². The lowest BCUT2D eigenvalue weighted by molar-refractivity contribution is 0.0885. The molecule has 5 rings (SSSR count). The first kappa shape index (κ1) is 28.2. The number of benzene rings is 3. The van der Waals surface area contributed by atoms with Crippen molar-refractivity contribution in [1.29, 1.82) is 0 Å². The number of hydrogen-bond donors (Lipinski definition) is 2. The summed E-state index contributed by atoms with van der Waals surface area (Å²) in [7, 11) is 3.16. The lowest BCUT2D eigenvalue weighted by Crippen LogP contribution is -2.39.